The molecular formula is C34H30Cl2N2O2. The highest BCUT2D eigenvalue weighted by atomic mass is 35.5. The van der Waals surface area contributed by atoms with E-state index >= 15 is 0 Å². The smallest absolute Gasteiger partial charge is 0.180 e. The van der Waals surface area contributed by atoms with E-state index in [1.54, 1.807) is 13.3 Å². The molecule has 0 saturated heterocycles. The average Bonchev–Trinajstić information content (AvgIpc) is 3.47. The van der Waals surface area contributed by atoms with Crippen molar-refractivity contribution in [2.45, 2.75) is 31.9 Å². The summed E-state index contributed by atoms with van der Waals surface area (Å²) in [6, 6.07) is 26.7. The molecular weight excluding hydrogens is 539 g/mol. The Kier molecular flexibility index (Phi) is 7.55. The minimum absolute atomic E-state index is 0.261. The fourth-order valence-electron chi connectivity index (χ4n) is 5.65. The van der Waals surface area contributed by atoms with E-state index in [1.165, 1.54) is 22.4 Å². The molecule has 1 heterocycles. The van der Waals surface area contributed by atoms with Crippen LogP contribution >= 0.6 is 23.2 Å². The van der Waals surface area contributed by atoms with Crippen molar-refractivity contribution in [1.82, 2.24) is 0 Å². The van der Waals surface area contributed by atoms with E-state index in [2.05, 4.69) is 66.9 Å². The first kappa shape index (κ1) is 26.5. The molecule has 4 nitrogen and oxygen atoms in total. The van der Waals surface area contributed by atoms with E-state index in [-0.39, 0.29) is 6.04 Å². The van der Waals surface area contributed by atoms with Crippen LogP contribution in [0.3, 0.4) is 0 Å². The van der Waals surface area contributed by atoms with Gasteiger partial charge in [0.05, 0.1) is 23.9 Å². The Morgan fingerprint density at radius 3 is 2.55 bits per heavy atom. The zero-order chi connectivity index (χ0) is 27.6. The molecule has 1 N–H and O–H groups in total. The number of hydrogen-bond donors (Lipinski definition) is 1. The second-order valence-corrected chi connectivity index (χ2v) is 11.2. The summed E-state index contributed by atoms with van der Waals surface area (Å²) in [7, 11) is 1.60. The lowest BCUT2D eigenvalue weighted by Gasteiger charge is -2.37. The van der Waals surface area contributed by atoms with Gasteiger partial charge in [-0.05, 0) is 84.0 Å². The van der Waals surface area contributed by atoms with Crippen LogP contribution in [0.1, 0.15) is 46.2 Å². The number of hydrogen-bond acceptors (Lipinski definition) is 4. The van der Waals surface area contributed by atoms with Crippen LogP contribution in [0, 0.1) is 12.8 Å². The molecule has 0 amide bonds. The number of anilines is 1. The lowest BCUT2D eigenvalue weighted by atomic mass is 9.76. The third-order valence-corrected chi connectivity index (χ3v) is 8.21. The van der Waals surface area contributed by atoms with Gasteiger partial charge in [-0.25, -0.2) is 0 Å². The van der Waals surface area contributed by atoms with Gasteiger partial charge in [-0.15, -0.1) is 0 Å². The molecule has 0 spiro atoms. The van der Waals surface area contributed by atoms with Crippen LogP contribution in [0.4, 0.5) is 11.4 Å². The molecule has 4 aromatic rings. The molecule has 0 unspecified atom stereocenters. The van der Waals surface area contributed by atoms with Crippen LogP contribution in [-0.2, 0) is 6.61 Å². The lowest BCUT2D eigenvalue weighted by Crippen LogP contribution is -2.29. The summed E-state index contributed by atoms with van der Waals surface area (Å²) in [6.07, 6.45) is 7.58. The number of allylic oxidation sites excluding steroid dienone is 2. The highest BCUT2D eigenvalue weighted by Gasteiger charge is 2.37. The summed E-state index contributed by atoms with van der Waals surface area (Å²) in [5.74, 6) is 2.02. The number of nitrogens with one attached hydrogen (secondary N) is 1. The number of fused-ring (bicyclic) bond motifs is 3. The van der Waals surface area contributed by atoms with E-state index in [4.69, 9.17) is 37.7 Å². The number of nitrogens with zero attached hydrogens (tertiary/aromatic N) is 1. The molecule has 6 rings (SSSR count). The van der Waals surface area contributed by atoms with Crippen molar-refractivity contribution in [3.63, 3.8) is 0 Å². The summed E-state index contributed by atoms with van der Waals surface area (Å²) in [5.41, 5.74) is 7.90. The standard InChI is InChI=1S/C34H30Cl2N2O2/c1-21-6-15-31-29(16-21)27-4-3-5-28(27)33(38-31)24-9-13-26(14-10-24)37-19-23-17-30(36)34(32(18-23)39-2)40-20-22-7-11-25(35)12-8-22/h3-4,6-19,27-28,33,38H,5,20H2,1-2H3/t27-,28-,33+/m1/s1. The van der Waals surface area contributed by atoms with Crippen LogP contribution in [0.2, 0.25) is 10.0 Å². The normalized spacial score (nSPS) is 19.2. The maximum atomic E-state index is 6.58. The van der Waals surface area contributed by atoms with E-state index in [1.807, 2.05) is 36.4 Å². The number of rotatable bonds is 7. The largest absolute Gasteiger partial charge is 0.493 e. The van der Waals surface area contributed by atoms with Crippen LogP contribution in [0.15, 0.2) is 96.0 Å². The van der Waals surface area contributed by atoms with Crippen molar-refractivity contribution in [2.24, 2.45) is 10.9 Å². The second-order valence-electron chi connectivity index (χ2n) is 10.4. The van der Waals surface area contributed by atoms with Crippen molar-refractivity contribution in [3.05, 3.63) is 129 Å². The molecule has 40 heavy (non-hydrogen) atoms. The molecule has 0 saturated carbocycles. The van der Waals surface area contributed by atoms with E-state index in [0.29, 0.717) is 40.0 Å². The summed E-state index contributed by atoms with van der Waals surface area (Å²) in [4.78, 5) is 4.70. The van der Waals surface area contributed by atoms with E-state index in [9.17, 15) is 0 Å². The van der Waals surface area contributed by atoms with E-state index < -0.39 is 0 Å². The van der Waals surface area contributed by atoms with Crippen LogP contribution in [0.25, 0.3) is 0 Å². The zero-order valence-electron chi connectivity index (χ0n) is 22.4. The second kappa shape index (κ2) is 11.4. The Balaban J connectivity index is 1.16. The summed E-state index contributed by atoms with van der Waals surface area (Å²) in [5, 5.41) is 4.96. The SMILES string of the molecule is COc1cc(C=Nc2ccc([C@@H]3Nc4ccc(C)cc4[C@@H]4C=CC[C@H]43)cc2)cc(Cl)c1OCc1ccc(Cl)cc1. The Bertz CT molecular complexity index is 1580. The van der Waals surface area contributed by atoms with Gasteiger partial charge in [-0.1, -0.05) is 77.3 Å². The number of benzene rings is 4. The Morgan fingerprint density at radius 1 is 0.975 bits per heavy atom. The predicted octanol–water partition coefficient (Wildman–Crippen LogP) is 9.47. The molecule has 0 aromatic heterocycles. The van der Waals surface area contributed by atoms with Crippen molar-refractivity contribution in [2.75, 3.05) is 12.4 Å². The average molecular weight is 570 g/mol. The maximum absolute atomic E-state index is 6.58. The number of halogens is 2. The van der Waals surface area contributed by atoms with Gasteiger partial charge in [0.1, 0.15) is 6.61 Å². The van der Waals surface area contributed by atoms with Crippen molar-refractivity contribution in [1.29, 1.82) is 0 Å². The topological polar surface area (TPSA) is 42.8 Å². The highest BCUT2D eigenvalue weighted by molar-refractivity contribution is 6.32. The number of ether oxygens (including phenoxy) is 2. The molecule has 2 aliphatic rings. The first-order valence-corrected chi connectivity index (χ1v) is 14.2. The lowest BCUT2D eigenvalue weighted by molar-refractivity contribution is 0.284. The minimum atomic E-state index is 0.261. The Labute approximate surface area is 245 Å². The third-order valence-electron chi connectivity index (χ3n) is 7.68. The Morgan fingerprint density at radius 2 is 1.77 bits per heavy atom. The van der Waals surface area contributed by atoms with Gasteiger partial charge < -0.3 is 14.8 Å². The molecule has 0 bridgehead atoms. The van der Waals surface area contributed by atoms with Gasteiger partial charge in [0.2, 0.25) is 0 Å². The first-order chi connectivity index (χ1) is 19.5. The molecule has 0 radical (unpaired) electrons. The fourth-order valence-corrected chi connectivity index (χ4v) is 6.05. The summed E-state index contributed by atoms with van der Waals surface area (Å²) < 4.78 is 11.5. The predicted molar refractivity (Wildman–Crippen MR) is 165 cm³/mol. The molecule has 4 aromatic carbocycles. The zero-order valence-corrected chi connectivity index (χ0v) is 23.9. The number of methoxy groups -OCH3 is 1. The van der Waals surface area contributed by atoms with Gasteiger partial charge in [-0.3, -0.25) is 4.99 Å². The van der Waals surface area contributed by atoms with Crippen LogP contribution < -0.4 is 14.8 Å². The number of aryl methyl sites for hydroxylation is 1. The highest BCUT2D eigenvalue weighted by Crippen LogP contribution is 2.50. The number of aliphatic imine (C=N–C) groups is 1. The third kappa shape index (κ3) is 5.47. The summed E-state index contributed by atoms with van der Waals surface area (Å²) >= 11 is 12.6. The van der Waals surface area contributed by atoms with Gasteiger partial charge >= 0.3 is 0 Å². The van der Waals surface area contributed by atoms with E-state index in [0.717, 1.165) is 23.2 Å². The molecule has 0 fully saturated rings. The van der Waals surface area contributed by atoms with Gasteiger partial charge in [0.15, 0.2) is 11.5 Å². The molecule has 1 aliphatic heterocycles. The first-order valence-electron chi connectivity index (χ1n) is 13.4. The van der Waals surface area contributed by atoms with Gasteiger partial charge in [-0.2, -0.15) is 0 Å². The van der Waals surface area contributed by atoms with Crippen LogP contribution in [-0.4, -0.2) is 13.3 Å². The molecule has 6 heteroatoms. The Hall–Kier alpha value is -3.73. The van der Waals surface area contributed by atoms with Crippen molar-refractivity contribution in [3.8, 4) is 11.5 Å². The van der Waals surface area contributed by atoms with Gasteiger partial charge in [0, 0.05) is 22.8 Å². The maximum Gasteiger partial charge on any atom is 0.180 e. The van der Waals surface area contributed by atoms with Gasteiger partial charge in [0.25, 0.3) is 0 Å². The quantitative estimate of drug-likeness (QED) is 0.178. The van der Waals surface area contributed by atoms with Crippen molar-refractivity contribution < 1.29 is 9.47 Å². The van der Waals surface area contributed by atoms with Crippen LogP contribution in [0.5, 0.6) is 11.5 Å². The minimum Gasteiger partial charge on any atom is -0.493 e. The molecule has 3 atom stereocenters. The summed E-state index contributed by atoms with van der Waals surface area (Å²) in [6.45, 7) is 2.51. The fraction of sp³-hybridized carbons (Fsp3) is 0.206. The monoisotopic (exact) mass is 568 g/mol. The van der Waals surface area contributed by atoms with Crippen molar-refractivity contribution >= 4 is 40.8 Å². The molecule has 1 aliphatic carbocycles. The molecule has 202 valence electrons.